The number of carbonyl (C=O) groups is 6. The van der Waals surface area contributed by atoms with Crippen LogP contribution in [0.3, 0.4) is 0 Å². The number of unbranched alkanes of at least 4 members (excludes halogenated alkanes) is 9. The summed E-state index contributed by atoms with van der Waals surface area (Å²) in [6.07, 6.45) is 19.9. The van der Waals surface area contributed by atoms with Gasteiger partial charge in [0.2, 0.25) is 11.8 Å². The van der Waals surface area contributed by atoms with E-state index in [2.05, 4.69) is 79.6 Å². The Balaban J connectivity index is 0. The summed E-state index contributed by atoms with van der Waals surface area (Å²) in [7, 11) is 10.5. The Labute approximate surface area is 405 Å². The van der Waals surface area contributed by atoms with Crippen LogP contribution in [0.1, 0.15) is 119 Å². The molecule has 7 N–H and O–H groups in total. The van der Waals surface area contributed by atoms with Crippen molar-refractivity contribution in [2.75, 3.05) is 71.2 Å². The third kappa shape index (κ3) is 35.1. The summed E-state index contributed by atoms with van der Waals surface area (Å²) in [5, 5.41) is 11.1. The molecule has 14 nitrogen and oxygen atoms in total. The number of allylic oxidation sites excluding steroid dienone is 1. The van der Waals surface area contributed by atoms with Crippen LogP contribution in [-0.4, -0.2) is 112 Å². The molecule has 0 radical (unpaired) electrons. The molecule has 12 unspecified atom stereocenters. The molecule has 2 fully saturated rings. The highest BCUT2D eigenvalue weighted by Crippen LogP contribution is 2.35. The average Bonchev–Trinajstić information content (AvgIpc) is 3.84. The predicted molar refractivity (Wildman–Crippen MR) is 288 cm³/mol. The van der Waals surface area contributed by atoms with Gasteiger partial charge in [-0.2, -0.15) is 0 Å². The molecule has 0 aromatic heterocycles. The van der Waals surface area contributed by atoms with E-state index in [0.717, 1.165) is 101 Å². The van der Waals surface area contributed by atoms with Crippen molar-refractivity contribution in [1.82, 2.24) is 20.9 Å². The van der Waals surface area contributed by atoms with Crippen LogP contribution in [0.15, 0.2) is 24.0 Å². The van der Waals surface area contributed by atoms with Crippen molar-refractivity contribution < 1.29 is 38.2 Å². The lowest BCUT2D eigenvalue weighted by Crippen LogP contribution is -2.39. The second kappa shape index (κ2) is 44.5. The molecule has 3 heterocycles. The van der Waals surface area contributed by atoms with Gasteiger partial charge in [-0.25, -0.2) is 9.59 Å². The quantitative estimate of drug-likeness (QED) is 0.0160. The van der Waals surface area contributed by atoms with Crippen molar-refractivity contribution in [2.45, 2.75) is 119 Å². The molecule has 0 spiro atoms. The minimum absolute atomic E-state index is 0.00794. The van der Waals surface area contributed by atoms with Crippen LogP contribution in [0.5, 0.6) is 0 Å². The number of likely N-dealkylation sites (tertiary alicyclic amines) is 1. The van der Waals surface area contributed by atoms with Crippen molar-refractivity contribution in [2.24, 2.45) is 47.0 Å². The minimum atomic E-state index is -0.579. The molecule has 2 amide bonds. The third-order valence-corrected chi connectivity index (χ3v) is 16.0. The zero-order chi connectivity index (χ0) is 49.4. The highest BCUT2D eigenvalue weighted by Gasteiger charge is 2.45. The van der Waals surface area contributed by atoms with E-state index in [1.165, 1.54) is 74.4 Å². The third-order valence-electron chi connectivity index (χ3n) is 10.7. The van der Waals surface area contributed by atoms with E-state index in [1.54, 1.807) is 6.92 Å². The number of hydrogen-bond acceptors (Lipinski definition) is 13. The fourth-order valence-corrected chi connectivity index (χ4v) is 10.3. The number of hydrogen-bond donors (Lipinski definition) is 5. The molecule has 378 valence electrons. The zero-order valence-electron chi connectivity index (χ0n) is 40.7. The van der Waals surface area contributed by atoms with Crippen molar-refractivity contribution in [1.29, 1.82) is 0 Å². The molecule has 0 saturated carbocycles. The highest BCUT2D eigenvalue weighted by molar-refractivity contribution is 8.05. The van der Waals surface area contributed by atoms with E-state index in [1.807, 2.05) is 13.8 Å². The summed E-state index contributed by atoms with van der Waals surface area (Å²) in [5.41, 5.74) is 10.8. The predicted octanol–water partition coefficient (Wildman–Crippen LogP) is 7.13. The highest BCUT2D eigenvalue weighted by atomic mass is 32.0. The maximum Gasteiger partial charge on any atom is 0.338 e. The summed E-state index contributed by atoms with van der Waals surface area (Å²) < 4.78 is 8.56. The van der Waals surface area contributed by atoms with Gasteiger partial charge in [-0.1, -0.05) is 113 Å². The Morgan fingerprint density at radius 2 is 1.11 bits per heavy atom. The van der Waals surface area contributed by atoms with Crippen LogP contribution in [0, 0.1) is 35.5 Å². The van der Waals surface area contributed by atoms with Gasteiger partial charge in [0.1, 0.15) is 0 Å². The molecule has 0 aromatic rings. The molecule has 3 aliphatic heterocycles. The van der Waals surface area contributed by atoms with Gasteiger partial charge in [-0.05, 0) is 56.9 Å². The zero-order valence-corrected chi connectivity index (χ0v) is 47.2. The second-order valence-corrected chi connectivity index (χ2v) is 23.0. The first-order valence-corrected chi connectivity index (χ1v) is 32.5. The number of amides is 2. The van der Waals surface area contributed by atoms with Crippen molar-refractivity contribution in [3.05, 3.63) is 24.0 Å². The number of nitrogens with one attached hydrogen (secondary N) is 3. The van der Waals surface area contributed by atoms with Gasteiger partial charge in [0, 0.05) is 70.4 Å². The minimum Gasteiger partial charge on any atom is -0.393 e. The molecule has 3 aliphatic rings. The molecule has 2 saturated heterocycles. The number of cyclic esters (lactones) is 4. The van der Waals surface area contributed by atoms with Crippen LogP contribution in [0.25, 0.3) is 0 Å². The normalized spacial score (nSPS) is 20.1. The smallest absolute Gasteiger partial charge is 0.338 e. The fourth-order valence-electron chi connectivity index (χ4n) is 6.79. The molecule has 65 heavy (non-hydrogen) atoms. The first-order valence-electron chi connectivity index (χ1n) is 23.6. The van der Waals surface area contributed by atoms with Gasteiger partial charge in [-0.15, -0.1) is 43.3 Å². The van der Waals surface area contributed by atoms with Crippen molar-refractivity contribution in [3.8, 4) is 0 Å². The first kappa shape index (κ1) is 66.4. The Morgan fingerprint density at radius 1 is 0.662 bits per heavy atom. The Hall–Kier alpha value is -0.720. The molecule has 0 aromatic carbocycles. The van der Waals surface area contributed by atoms with E-state index in [4.69, 9.17) is 11.5 Å². The Bertz CT molecular complexity index is 1340. The lowest BCUT2D eigenvalue weighted by molar-refractivity contribution is -0.154. The van der Waals surface area contributed by atoms with E-state index >= 15 is 0 Å². The molecular formula is C45H90N6O8P6. The maximum absolute atomic E-state index is 12.6. The lowest BCUT2D eigenvalue weighted by atomic mass is 9.88. The van der Waals surface area contributed by atoms with Crippen molar-refractivity contribution in [3.63, 3.8) is 0 Å². The van der Waals surface area contributed by atoms with E-state index in [-0.39, 0.29) is 47.4 Å². The summed E-state index contributed by atoms with van der Waals surface area (Å²) in [5.74, 6) is -1.65. The summed E-state index contributed by atoms with van der Waals surface area (Å²) in [6, 6.07) is 0. The molecular weight excluding hydrogens is 938 g/mol. The molecule has 12 atom stereocenters. The monoisotopic (exact) mass is 1030 g/mol. The van der Waals surface area contributed by atoms with Gasteiger partial charge in [0.25, 0.3) is 0 Å². The topological polar surface area (TPSA) is 212 Å². The fraction of sp³-hybridized carbons (Fsp3) is 0.778. The number of ether oxygens (including phenoxy) is 2. The average molecular weight is 1030 g/mol. The standard InChI is InChI=1S/C17H37N5O2P2.C12H27N.C9H16O3P2.C4H2O3.C3H8P2/c1-13(12-26-25)11-15-14(2)16(23)22(17(15)24)10-9-21-8-7-20-6-5-19-4-3-18;1-2-3-4-5-6-7-8-9-10-11-12-13;1-5(4-14-13)3-7-6(2)8(10)12-9(7)11;5-3-1-2-4(6)7-3;1-3(2)5-4/h13-15,19-21,26H,3-12,18,25H2,1-2H3;2-13H2,1H3;5-7,14H,3-4,13H2,1-2H3;1-2H;5H,1,4H2,2H3. The number of rotatable bonds is 30. The van der Waals surface area contributed by atoms with E-state index in [0.29, 0.717) is 31.5 Å². The lowest BCUT2D eigenvalue weighted by Gasteiger charge is -2.17. The largest absolute Gasteiger partial charge is 0.393 e. The maximum atomic E-state index is 12.6. The van der Waals surface area contributed by atoms with Crippen LogP contribution in [0.2, 0.25) is 0 Å². The van der Waals surface area contributed by atoms with Crippen molar-refractivity contribution >= 4 is 87.3 Å². The van der Waals surface area contributed by atoms with E-state index in [9.17, 15) is 28.8 Å². The van der Waals surface area contributed by atoms with Gasteiger partial charge >= 0.3 is 23.9 Å². The number of esters is 4. The number of nitrogens with two attached hydrogens (primary N) is 2. The van der Waals surface area contributed by atoms with Crippen LogP contribution in [-0.2, 0) is 38.2 Å². The van der Waals surface area contributed by atoms with Gasteiger partial charge in [0.15, 0.2) is 0 Å². The summed E-state index contributed by atoms with van der Waals surface area (Å²) >= 11 is 0. The van der Waals surface area contributed by atoms with Gasteiger partial charge in [0.05, 0.1) is 17.8 Å². The van der Waals surface area contributed by atoms with Gasteiger partial charge < -0.3 is 36.9 Å². The molecule has 3 rings (SSSR count). The van der Waals surface area contributed by atoms with Crippen LogP contribution >= 0.6 is 51.6 Å². The van der Waals surface area contributed by atoms with Crippen LogP contribution in [0.4, 0.5) is 0 Å². The Morgan fingerprint density at radius 3 is 1.49 bits per heavy atom. The van der Waals surface area contributed by atoms with Gasteiger partial charge in [-0.3, -0.25) is 24.1 Å². The summed E-state index contributed by atoms with van der Waals surface area (Å²) in [4.78, 5) is 68.7. The summed E-state index contributed by atoms with van der Waals surface area (Å²) in [6.45, 7) is 22.9. The molecule has 20 heteroatoms. The number of carbonyl (C=O) groups excluding carboxylic acids is 6. The first-order chi connectivity index (χ1) is 31.1. The molecule has 0 bridgehead atoms. The van der Waals surface area contributed by atoms with Crippen LogP contribution < -0.4 is 27.4 Å². The molecule has 0 aliphatic carbocycles. The number of imide groups is 1. The Kier molecular flexibility index (Phi) is 45.4. The second-order valence-electron chi connectivity index (χ2n) is 16.9. The van der Waals surface area contributed by atoms with E-state index < -0.39 is 11.9 Å². The number of nitrogens with zero attached hydrogens (tertiary/aromatic N) is 1. The SMILES string of the molecule is C=C(C)PP.CC(CPP)CC1C(=O)N(CCNCCNCCNCCN)C(=O)C1C.CC(CPP)CC1C(=O)OC(=O)C1C.CCCCCCCCCCCCN.O=C1C=CC(=O)O1.